The minimum atomic E-state index is -0.189. The molecule has 0 bridgehead atoms. The third-order valence-electron chi connectivity index (χ3n) is 4.11. The topological polar surface area (TPSA) is 56.8 Å². The van der Waals surface area contributed by atoms with Crippen LogP contribution in [-0.2, 0) is 4.79 Å². The normalized spacial score (nSPS) is 11.9. The number of hydrogen-bond donors (Lipinski definition) is 1. The van der Waals surface area contributed by atoms with Crippen molar-refractivity contribution < 1.29 is 19.0 Å². The van der Waals surface area contributed by atoms with Crippen molar-refractivity contribution >= 4 is 23.6 Å². The van der Waals surface area contributed by atoms with Gasteiger partial charge in [0.15, 0.2) is 11.5 Å². The van der Waals surface area contributed by atoms with Gasteiger partial charge in [-0.2, -0.15) is 0 Å². The zero-order valence-corrected chi connectivity index (χ0v) is 16.7. The number of methoxy groups -OCH3 is 3. The molecule has 5 nitrogen and oxygen atoms in total. The zero-order valence-electron chi connectivity index (χ0n) is 15.9. The van der Waals surface area contributed by atoms with Crippen molar-refractivity contribution in [2.75, 3.05) is 21.3 Å². The van der Waals surface area contributed by atoms with Gasteiger partial charge in [-0.15, -0.1) is 0 Å². The first-order chi connectivity index (χ1) is 13.0. The predicted molar refractivity (Wildman–Crippen MR) is 108 cm³/mol. The summed E-state index contributed by atoms with van der Waals surface area (Å²) in [5.74, 6) is 1.38. The molecule has 0 aromatic heterocycles. The number of benzene rings is 2. The monoisotopic (exact) mass is 389 g/mol. The van der Waals surface area contributed by atoms with Crippen LogP contribution in [0.2, 0.25) is 5.02 Å². The second-order valence-electron chi connectivity index (χ2n) is 5.81. The molecule has 0 radical (unpaired) electrons. The smallest absolute Gasteiger partial charge is 0.244 e. The summed E-state index contributed by atoms with van der Waals surface area (Å²) in [6, 6.07) is 10.9. The molecule has 27 heavy (non-hydrogen) atoms. The average molecular weight is 390 g/mol. The van der Waals surface area contributed by atoms with Gasteiger partial charge in [0.2, 0.25) is 11.7 Å². The molecule has 1 N–H and O–H groups in total. The molecule has 0 fully saturated rings. The van der Waals surface area contributed by atoms with Gasteiger partial charge in [-0.3, -0.25) is 4.79 Å². The van der Waals surface area contributed by atoms with E-state index in [1.54, 1.807) is 39.5 Å². The van der Waals surface area contributed by atoms with E-state index in [1.165, 1.54) is 6.08 Å². The van der Waals surface area contributed by atoms with Crippen molar-refractivity contribution in [3.05, 3.63) is 58.6 Å². The fraction of sp³-hybridized carbons (Fsp3) is 0.286. The van der Waals surface area contributed by atoms with Crippen LogP contribution in [0.15, 0.2) is 42.5 Å². The Labute approximate surface area is 164 Å². The summed E-state index contributed by atoms with van der Waals surface area (Å²) in [6.07, 6.45) is 3.96. The summed E-state index contributed by atoms with van der Waals surface area (Å²) >= 11 is 5.93. The van der Waals surface area contributed by atoms with Gasteiger partial charge in [0.05, 0.1) is 27.4 Å². The summed E-state index contributed by atoms with van der Waals surface area (Å²) in [6.45, 7) is 2.02. The molecule has 6 heteroatoms. The highest BCUT2D eigenvalue weighted by Crippen LogP contribution is 2.38. The number of hydrogen-bond acceptors (Lipinski definition) is 4. The Morgan fingerprint density at radius 3 is 2.15 bits per heavy atom. The van der Waals surface area contributed by atoms with E-state index in [9.17, 15) is 4.79 Å². The highest BCUT2D eigenvalue weighted by atomic mass is 35.5. The SMILES string of the molecule is CCC(NC(=O)/C=C/c1cc(OC)c(OC)c(OC)c1)c1ccc(Cl)cc1. The molecule has 0 aliphatic carbocycles. The largest absolute Gasteiger partial charge is 0.493 e. The number of carbonyl (C=O) groups is 1. The summed E-state index contributed by atoms with van der Waals surface area (Å²) in [4.78, 5) is 12.3. The lowest BCUT2D eigenvalue weighted by Gasteiger charge is -2.16. The van der Waals surface area contributed by atoms with Crippen molar-refractivity contribution in [2.24, 2.45) is 0 Å². The van der Waals surface area contributed by atoms with Crippen LogP contribution in [0.5, 0.6) is 17.2 Å². The Kier molecular flexibility index (Phi) is 7.55. The van der Waals surface area contributed by atoms with Gasteiger partial charge in [-0.25, -0.2) is 0 Å². The van der Waals surface area contributed by atoms with E-state index in [0.717, 1.165) is 17.5 Å². The molecule has 0 spiro atoms. The Morgan fingerprint density at radius 2 is 1.67 bits per heavy atom. The molecule has 2 aromatic carbocycles. The van der Waals surface area contributed by atoms with E-state index in [4.69, 9.17) is 25.8 Å². The van der Waals surface area contributed by atoms with E-state index in [-0.39, 0.29) is 11.9 Å². The molecule has 2 aromatic rings. The van der Waals surface area contributed by atoms with E-state index in [1.807, 2.05) is 31.2 Å². The Morgan fingerprint density at radius 1 is 1.07 bits per heavy atom. The maximum atomic E-state index is 12.3. The molecule has 0 aliphatic heterocycles. The van der Waals surface area contributed by atoms with Crippen molar-refractivity contribution in [1.82, 2.24) is 5.32 Å². The fourth-order valence-electron chi connectivity index (χ4n) is 2.71. The molecule has 1 unspecified atom stereocenters. The standard InChI is InChI=1S/C21H24ClNO4/c1-5-17(15-7-9-16(22)10-8-15)23-20(24)11-6-14-12-18(25-2)21(27-4)19(13-14)26-3/h6-13,17H,5H2,1-4H3,(H,23,24)/b11-6+. The van der Waals surface area contributed by atoms with Crippen LogP contribution in [0.3, 0.4) is 0 Å². The van der Waals surface area contributed by atoms with Crippen LogP contribution in [-0.4, -0.2) is 27.2 Å². The van der Waals surface area contributed by atoms with Crippen LogP contribution in [0.1, 0.15) is 30.5 Å². The fourth-order valence-corrected chi connectivity index (χ4v) is 2.83. The highest BCUT2D eigenvalue weighted by molar-refractivity contribution is 6.30. The zero-order chi connectivity index (χ0) is 19.8. The van der Waals surface area contributed by atoms with Gasteiger partial charge in [0.25, 0.3) is 0 Å². The molecule has 0 saturated carbocycles. The molecule has 2 rings (SSSR count). The van der Waals surface area contributed by atoms with E-state index in [0.29, 0.717) is 22.3 Å². The van der Waals surface area contributed by atoms with Crippen LogP contribution < -0.4 is 19.5 Å². The quantitative estimate of drug-likeness (QED) is 0.668. The molecule has 1 atom stereocenters. The van der Waals surface area contributed by atoms with Gasteiger partial charge in [0.1, 0.15) is 0 Å². The van der Waals surface area contributed by atoms with Gasteiger partial charge in [-0.1, -0.05) is 30.7 Å². The van der Waals surface area contributed by atoms with Crippen molar-refractivity contribution in [1.29, 1.82) is 0 Å². The lowest BCUT2D eigenvalue weighted by molar-refractivity contribution is -0.117. The van der Waals surface area contributed by atoms with E-state index >= 15 is 0 Å². The molecule has 0 saturated heterocycles. The summed E-state index contributed by atoms with van der Waals surface area (Å²) in [7, 11) is 4.65. The lowest BCUT2D eigenvalue weighted by Crippen LogP contribution is -2.26. The highest BCUT2D eigenvalue weighted by Gasteiger charge is 2.13. The second kappa shape index (κ2) is 9.88. The van der Waals surface area contributed by atoms with Crippen LogP contribution in [0.4, 0.5) is 0 Å². The van der Waals surface area contributed by atoms with Gasteiger partial charge in [-0.05, 0) is 47.9 Å². The van der Waals surface area contributed by atoms with Crippen molar-refractivity contribution in [3.63, 3.8) is 0 Å². The average Bonchev–Trinajstić information content (AvgIpc) is 2.70. The third-order valence-corrected chi connectivity index (χ3v) is 4.36. The van der Waals surface area contributed by atoms with Crippen molar-refractivity contribution in [3.8, 4) is 17.2 Å². The van der Waals surface area contributed by atoms with Gasteiger partial charge in [0, 0.05) is 11.1 Å². The van der Waals surface area contributed by atoms with Crippen LogP contribution in [0, 0.1) is 0 Å². The van der Waals surface area contributed by atoms with Gasteiger partial charge >= 0.3 is 0 Å². The first-order valence-corrected chi connectivity index (χ1v) is 8.94. The number of amides is 1. The summed E-state index contributed by atoms with van der Waals surface area (Å²) in [5.41, 5.74) is 1.77. The maximum Gasteiger partial charge on any atom is 0.244 e. The molecule has 144 valence electrons. The minimum Gasteiger partial charge on any atom is -0.493 e. The second-order valence-corrected chi connectivity index (χ2v) is 6.25. The first-order valence-electron chi connectivity index (χ1n) is 8.56. The number of carbonyl (C=O) groups excluding carboxylic acids is 1. The number of ether oxygens (including phenoxy) is 3. The van der Waals surface area contributed by atoms with Gasteiger partial charge < -0.3 is 19.5 Å². The number of nitrogens with one attached hydrogen (secondary N) is 1. The molecular weight excluding hydrogens is 366 g/mol. The summed E-state index contributed by atoms with van der Waals surface area (Å²) in [5, 5.41) is 3.67. The Bertz CT molecular complexity index is 777. The van der Waals surface area contributed by atoms with E-state index < -0.39 is 0 Å². The lowest BCUT2D eigenvalue weighted by atomic mass is 10.0. The maximum absolute atomic E-state index is 12.3. The molecule has 0 aliphatic rings. The third kappa shape index (κ3) is 5.41. The number of halogens is 1. The molecular formula is C21H24ClNO4. The van der Waals surface area contributed by atoms with E-state index in [2.05, 4.69) is 5.32 Å². The Hall–Kier alpha value is -2.66. The molecule has 0 heterocycles. The predicted octanol–water partition coefficient (Wildman–Crippen LogP) is 4.65. The molecule has 1 amide bonds. The van der Waals surface area contributed by atoms with Crippen molar-refractivity contribution in [2.45, 2.75) is 19.4 Å². The Balaban J connectivity index is 2.14. The van der Waals surface area contributed by atoms with Crippen LogP contribution >= 0.6 is 11.6 Å². The first kappa shape index (κ1) is 20.6. The summed E-state index contributed by atoms with van der Waals surface area (Å²) < 4.78 is 16.0. The minimum absolute atomic E-state index is 0.0839. The van der Waals surface area contributed by atoms with Crippen LogP contribution in [0.25, 0.3) is 6.08 Å². The number of rotatable bonds is 8.